The number of aryl methyl sites for hydroxylation is 2. The standard InChI is InChI=1S/C19H28N6O3/c1-3-6-25-10-15(12(2)24-25)19(28)23-16-7-13(8-17(16)26)18(27)21-5-4-14-9-20-11-22-14/h9-11,13,16-17,26H,3-8H2,1-2H3,(H,20,22)(H,21,27)(H,23,28)/t13-,16-,17-/m0/s1. The molecule has 0 bridgehead atoms. The van der Waals surface area contributed by atoms with Crippen LogP contribution in [0.1, 0.15) is 47.9 Å². The molecule has 0 aliphatic heterocycles. The maximum atomic E-state index is 12.6. The first-order valence-corrected chi connectivity index (χ1v) is 9.75. The third-order valence-electron chi connectivity index (χ3n) is 5.11. The highest BCUT2D eigenvalue weighted by Gasteiger charge is 2.38. The van der Waals surface area contributed by atoms with Crippen LogP contribution in [-0.2, 0) is 17.8 Å². The van der Waals surface area contributed by atoms with Gasteiger partial charge in [-0.25, -0.2) is 4.98 Å². The van der Waals surface area contributed by atoms with Crippen LogP contribution in [0.4, 0.5) is 0 Å². The van der Waals surface area contributed by atoms with Gasteiger partial charge in [-0.1, -0.05) is 6.92 Å². The second-order valence-electron chi connectivity index (χ2n) is 7.32. The van der Waals surface area contributed by atoms with E-state index in [4.69, 9.17) is 0 Å². The summed E-state index contributed by atoms with van der Waals surface area (Å²) in [7, 11) is 0. The topological polar surface area (TPSA) is 125 Å². The highest BCUT2D eigenvalue weighted by atomic mass is 16.3. The van der Waals surface area contributed by atoms with Gasteiger partial charge in [0.05, 0.1) is 29.7 Å². The molecule has 2 aromatic rings. The number of amides is 2. The number of hydrogen-bond donors (Lipinski definition) is 4. The van der Waals surface area contributed by atoms with E-state index in [2.05, 4.69) is 25.7 Å². The quantitative estimate of drug-likeness (QED) is 0.526. The number of aliphatic hydroxyl groups is 1. The van der Waals surface area contributed by atoms with Gasteiger partial charge in [-0.3, -0.25) is 14.3 Å². The lowest BCUT2D eigenvalue weighted by atomic mass is 10.1. The summed E-state index contributed by atoms with van der Waals surface area (Å²) in [6.07, 6.45) is 6.68. The fourth-order valence-corrected chi connectivity index (χ4v) is 3.60. The van der Waals surface area contributed by atoms with Gasteiger partial charge in [0.2, 0.25) is 5.91 Å². The van der Waals surface area contributed by atoms with Gasteiger partial charge >= 0.3 is 0 Å². The zero-order chi connectivity index (χ0) is 20.1. The first kappa shape index (κ1) is 20.1. The van der Waals surface area contributed by atoms with Gasteiger partial charge in [0, 0.05) is 43.5 Å². The number of rotatable bonds is 8. The Morgan fingerprint density at radius 2 is 2.21 bits per heavy atom. The van der Waals surface area contributed by atoms with Gasteiger partial charge in [0.1, 0.15) is 0 Å². The Morgan fingerprint density at radius 3 is 2.93 bits per heavy atom. The van der Waals surface area contributed by atoms with E-state index in [1.807, 2.05) is 6.92 Å². The smallest absolute Gasteiger partial charge is 0.255 e. The molecular formula is C19H28N6O3. The highest BCUT2D eigenvalue weighted by molar-refractivity contribution is 5.95. The molecule has 9 heteroatoms. The molecule has 3 rings (SSSR count). The number of H-pyrrole nitrogens is 1. The summed E-state index contributed by atoms with van der Waals surface area (Å²) in [5, 5.41) is 20.4. The van der Waals surface area contributed by atoms with Crippen molar-refractivity contribution in [2.24, 2.45) is 5.92 Å². The molecule has 28 heavy (non-hydrogen) atoms. The van der Waals surface area contributed by atoms with E-state index in [0.717, 1.165) is 18.7 Å². The number of imidazole rings is 1. The summed E-state index contributed by atoms with van der Waals surface area (Å²) < 4.78 is 1.76. The fourth-order valence-electron chi connectivity index (χ4n) is 3.60. The maximum absolute atomic E-state index is 12.6. The Balaban J connectivity index is 1.50. The van der Waals surface area contributed by atoms with Gasteiger partial charge in [-0.15, -0.1) is 0 Å². The first-order chi connectivity index (χ1) is 13.5. The average Bonchev–Trinajstić information content (AvgIpc) is 3.37. The van der Waals surface area contributed by atoms with E-state index in [1.165, 1.54) is 0 Å². The number of aliphatic hydroxyl groups excluding tert-OH is 1. The second kappa shape index (κ2) is 9.01. The van der Waals surface area contributed by atoms with Crippen LogP contribution in [0.15, 0.2) is 18.7 Å². The zero-order valence-electron chi connectivity index (χ0n) is 16.3. The first-order valence-electron chi connectivity index (χ1n) is 9.75. The molecule has 1 aliphatic carbocycles. The van der Waals surface area contributed by atoms with Crippen LogP contribution in [0.25, 0.3) is 0 Å². The molecule has 2 heterocycles. The molecule has 4 N–H and O–H groups in total. The van der Waals surface area contributed by atoms with Crippen LogP contribution in [0.5, 0.6) is 0 Å². The van der Waals surface area contributed by atoms with Crippen molar-refractivity contribution in [3.63, 3.8) is 0 Å². The fraction of sp³-hybridized carbons (Fsp3) is 0.579. The molecule has 0 spiro atoms. The summed E-state index contributed by atoms with van der Waals surface area (Å²) >= 11 is 0. The van der Waals surface area contributed by atoms with Crippen molar-refractivity contribution in [2.45, 2.75) is 58.2 Å². The minimum Gasteiger partial charge on any atom is -0.391 e. The predicted octanol–water partition coefficient (Wildman–Crippen LogP) is 0.553. The van der Waals surface area contributed by atoms with Crippen LogP contribution in [-0.4, -0.2) is 55.4 Å². The summed E-state index contributed by atoms with van der Waals surface area (Å²) in [4.78, 5) is 31.9. The number of aromatic amines is 1. The molecule has 0 unspecified atom stereocenters. The number of aromatic nitrogens is 4. The van der Waals surface area contributed by atoms with Crippen molar-refractivity contribution < 1.29 is 14.7 Å². The Kier molecular flexibility index (Phi) is 6.45. The number of carbonyl (C=O) groups excluding carboxylic acids is 2. The predicted molar refractivity (Wildman–Crippen MR) is 103 cm³/mol. The Morgan fingerprint density at radius 1 is 1.39 bits per heavy atom. The normalized spacial score (nSPS) is 21.6. The number of hydrogen-bond acceptors (Lipinski definition) is 5. The minimum atomic E-state index is -0.738. The van der Waals surface area contributed by atoms with E-state index in [1.54, 1.807) is 30.3 Å². The zero-order valence-corrected chi connectivity index (χ0v) is 16.3. The number of nitrogens with zero attached hydrogens (tertiary/aromatic N) is 3. The van der Waals surface area contributed by atoms with E-state index in [9.17, 15) is 14.7 Å². The molecule has 0 saturated heterocycles. The SMILES string of the molecule is CCCn1cc(C(=O)N[C@H]2C[C@H](C(=O)NCCc3cnc[nH]3)C[C@@H]2O)c(C)n1. The summed E-state index contributed by atoms with van der Waals surface area (Å²) in [5.74, 6) is -0.669. The monoisotopic (exact) mass is 388 g/mol. The Labute approximate surface area is 163 Å². The number of nitrogens with one attached hydrogen (secondary N) is 3. The molecule has 1 fully saturated rings. The number of carbonyl (C=O) groups is 2. The van der Waals surface area contributed by atoms with Crippen LogP contribution >= 0.6 is 0 Å². The molecule has 0 radical (unpaired) electrons. The molecule has 0 aromatic carbocycles. The van der Waals surface area contributed by atoms with E-state index >= 15 is 0 Å². The van der Waals surface area contributed by atoms with Crippen molar-refractivity contribution in [1.82, 2.24) is 30.4 Å². The van der Waals surface area contributed by atoms with Gasteiger partial charge in [-0.05, 0) is 26.2 Å². The van der Waals surface area contributed by atoms with Crippen molar-refractivity contribution in [3.05, 3.63) is 35.7 Å². The third kappa shape index (κ3) is 4.78. The average molecular weight is 388 g/mol. The second-order valence-corrected chi connectivity index (χ2v) is 7.32. The Hall–Kier alpha value is -2.68. The molecule has 2 amide bonds. The maximum Gasteiger partial charge on any atom is 0.255 e. The van der Waals surface area contributed by atoms with Gasteiger partial charge < -0.3 is 20.7 Å². The summed E-state index contributed by atoms with van der Waals surface area (Å²) in [6, 6.07) is -0.440. The van der Waals surface area contributed by atoms with Crippen LogP contribution in [0.3, 0.4) is 0 Å². The highest BCUT2D eigenvalue weighted by Crippen LogP contribution is 2.26. The molecular weight excluding hydrogens is 360 g/mol. The van der Waals surface area contributed by atoms with E-state index < -0.39 is 12.1 Å². The van der Waals surface area contributed by atoms with Crippen LogP contribution in [0.2, 0.25) is 0 Å². The van der Waals surface area contributed by atoms with E-state index in [0.29, 0.717) is 37.1 Å². The lowest BCUT2D eigenvalue weighted by Gasteiger charge is -2.16. The summed E-state index contributed by atoms with van der Waals surface area (Å²) in [5.41, 5.74) is 2.12. The largest absolute Gasteiger partial charge is 0.391 e. The van der Waals surface area contributed by atoms with Gasteiger partial charge in [0.15, 0.2) is 0 Å². The van der Waals surface area contributed by atoms with Crippen molar-refractivity contribution in [1.29, 1.82) is 0 Å². The lowest BCUT2D eigenvalue weighted by molar-refractivity contribution is -0.125. The van der Waals surface area contributed by atoms with Gasteiger partial charge in [-0.2, -0.15) is 5.10 Å². The van der Waals surface area contributed by atoms with Crippen molar-refractivity contribution in [3.8, 4) is 0 Å². The minimum absolute atomic E-state index is 0.0951. The third-order valence-corrected chi connectivity index (χ3v) is 5.11. The van der Waals surface area contributed by atoms with E-state index in [-0.39, 0.29) is 17.7 Å². The summed E-state index contributed by atoms with van der Waals surface area (Å²) in [6.45, 7) is 5.09. The molecule has 152 valence electrons. The molecule has 2 aromatic heterocycles. The molecule has 9 nitrogen and oxygen atoms in total. The molecule has 3 atom stereocenters. The van der Waals surface area contributed by atoms with Crippen LogP contribution in [0, 0.1) is 12.8 Å². The molecule has 1 saturated carbocycles. The molecule has 1 aliphatic rings. The van der Waals surface area contributed by atoms with Gasteiger partial charge in [0.25, 0.3) is 5.91 Å². The lowest BCUT2D eigenvalue weighted by Crippen LogP contribution is -2.40. The Bertz CT molecular complexity index is 801. The van der Waals surface area contributed by atoms with Crippen molar-refractivity contribution >= 4 is 11.8 Å². The van der Waals surface area contributed by atoms with Crippen LogP contribution < -0.4 is 10.6 Å². The van der Waals surface area contributed by atoms with Crippen molar-refractivity contribution in [2.75, 3.05) is 6.54 Å².